The van der Waals surface area contributed by atoms with Gasteiger partial charge in [0.05, 0.1) is 11.7 Å². The molecule has 1 atom stereocenters. The minimum absolute atomic E-state index is 0.0499. The van der Waals surface area contributed by atoms with Gasteiger partial charge in [-0.1, -0.05) is 24.3 Å². The van der Waals surface area contributed by atoms with Gasteiger partial charge in [-0.2, -0.15) is 0 Å². The van der Waals surface area contributed by atoms with E-state index >= 15 is 0 Å². The number of hydrogen-bond acceptors (Lipinski definition) is 3. The molecule has 4 heteroatoms. The molecule has 1 heterocycles. The minimum Gasteiger partial charge on any atom is -0.397 e. The molecule has 0 aliphatic heterocycles. The van der Waals surface area contributed by atoms with Gasteiger partial charge in [0, 0.05) is 6.20 Å². The summed E-state index contributed by atoms with van der Waals surface area (Å²) < 4.78 is 0. The lowest BCUT2D eigenvalue weighted by Gasteiger charge is -2.26. The molecule has 1 amide bonds. The number of nitrogens with zero attached hydrogens (tertiary/aromatic N) is 1. The quantitative estimate of drug-likeness (QED) is 0.878. The van der Waals surface area contributed by atoms with Crippen molar-refractivity contribution in [1.82, 2.24) is 10.3 Å². The molecule has 0 fully saturated rings. The number of carbonyl (C=O) groups is 1. The number of rotatable bonds is 2. The fourth-order valence-electron chi connectivity index (χ4n) is 2.74. The van der Waals surface area contributed by atoms with E-state index in [2.05, 4.69) is 22.4 Å². The van der Waals surface area contributed by atoms with Crippen LogP contribution in [0.3, 0.4) is 0 Å². The fourth-order valence-corrected chi connectivity index (χ4v) is 2.74. The summed E-state index contributed by atoms with van der Waals surface area (Å²) in [6, 6.07) is 11.7. The smallest absolute Gasteiger partial charge is 0.272 e. The van der Waals surface area contributed by atoms with Gasteiger partial charge < -0.3 is 11.1 Å². The van der Waals surface area contributed by atoms with E-state index in [0.29, 0.717) is 11.4 Å². The van der Waals surface area contributed by atoms with Crippen LogP contribution in [0.1, 0.15) is 40.5 Å². The van der Waals surface area contributed by atoms with Gasteiger partial charge in [-0.05, 0) is 42.5 Å². The first kappa shape index (κ1) is 12.7. The predicted octanol–water partition coefficient (Wildman–Crippen LogP) is 2.47. The molecule has 1 aliphatic rings. The summed E-state index contributed by atoms with van der Waals surface area (Å²) in [4.78, 5) is 16.4. The topological polar surface area (TPSA) is 68.0 Å². The molecular weight excluding hydrogens is 250 g/mol. The molecule has 1 aliphatic carbocycles. The molecule has 3 N–H and O–H groups in total. The maximum atomic E-state index is 12.3. The van der Waals surface area contributed by atoms with Crippen LogP contribution in [-0.2, 0) is 6.42 Å². The van der Waals surface area contributed by atoms with E-state index in [4.69, 9.17) is 5.73 Å². The summed E-state index contributed by atoms with van der Waals surface area (Å²) >= 11 is 0. The largest absolute Gasteiger partial charge is 0.397 e. The second kappa shape index (κ2) is 5.33. The average Bonchev–Trinajstić information content (AvgIpc) is 2.48. The molecule has 20 heavy (non-hydrogen) atoms. The number of aryl methyl sites for hydroxylation is 1. The third kappa shape index (κ3) is 2.37. The Morgan fingerprint density at radius 1 is 1.25 bits per heavy atom. The first-order chi connectivity index (χ1) is 9.75. The molecule has 102 valence electrons. The van der Waals surface area contributed by atoms with Crippen LogP contribution in [0, 0.1) is 0 Å². The second-order valence-corrected chi connectivity index (χ2v) is 5.06. The number of aromatic nitrogens is 1. The van der Waals surface area contributed by atoms with Crippen molar-refractivity contribution in [1.29, 1.82) is 0 Å². The normalized spacial score (nSPS) is 17.3. The summed E-state index contributed by atoms with van der Waals surface area (Å²) in [5.74, 6) is -0.204. The Morgan fingerprint density at radius 3 is 2.95 bits per heavy atom. The zero-order valence-corrected chi connectivity index (χ0v) is 11.2. The van der Waals surface area contributed by atoms with E-state index in [-0.39, 0.29) is 11.9 Å². The number of benzene rings is 1. The standard InChI is InChI=1S/C16H17N3O/c17-13-8-4-10-18-15(13)16(20)19-14-9-3-6-11-5-1-2-7-12(11)14/h1-2,4-5,7-8,10,14H,3,6,9,17H2,(H,19,20). The lowest BCUT2D eigenvalue weighted by Crippen LogP contribution is -2.32. The summed E-state index contributed by atoms with van der Waals surface area (Å²) in [5.41, 5.74) is 9.04. The Labute approximate surface area is 118 Å². The monoisotopic (exact) mass is 267 g/mol. The van der Waals surface area contributed by atoms with Crippen molar-refractivity contribution in [3.63, 3.8) is 0 Å². The number of amides is 1. The van der Waals surface area contributed by atoms with Crippen molar-refractivity contribution >= 4 is 11.6 Å². The van der Waals surface area contributed by atoms with Crippen LogP contribution in [0.4, 0.5) is 5.69 Å². The van der Waals surface area contributed by atoms with Gasteiger partial charge in [-0.25, -0.2) is 4.98 Å². The van der Waals surface area contributed by atoms with E-state index < -0.39 is 0 Å². The Hall–Kier alpha value is -2.36. The van der Waals surface area contributed by atoms with Gasteiger partial charge in [-0.15, -0.1) is 0 Å². The van der Waals surface area contributed by atoms with Gasteiger partial charge >= 0.3 is 0 Å². The number of pyridine rings is 1. The van der Waals surface area contributed by atoms with Crippen molar-refractivity contribution in [3.8, 4) is 0 Å². The molecule has 1 unspecified atom stereocenters. The zero-order valence-electron chi connectivity index (χ0n) is 11.2. The van der Waals surface area contributed by atoms with Crippen LogP contribution in [0.15, 0.2) is 42.6 Å². The van der Waals surface area contributed by atoms with Crippen LogP contribution in [-0.4, -0.2) is 10.9 Å². The van der Waals surface area contributed by atoms with Gasteiger partial charge in [0.15, 0.2) is 5.69 Å². The van der Waals surface area contributed by atoms with Gasteiger partial charge in [0.25, 0.3) is 5.91 Å². The Balaban J connectivity index is 1.83. The van der Waals surface area contributed by atoms with Crippen molar-refractivity contribution in [3.05, 3.63) is 59.4 Å². The van der Waals surface area contributed by atoms with Crippen LogP contribution in [0.25, 0.3) is 0 Å². The van der Waals surface area contributed by atoms with E-state index in [1.54, 1.807) is 18.3 Å². The van der Waals surface area contributed by atoms with E-state index in [1.165, 1.54) is 11.1 Å². The molecule has 0 bridgehead atoms. The van der Waals surface area contributed by atoms with Crippen LogP contribution in [0.2, 0.25) is 0 Å². The summed E-state index contributed by atoms with van der Waals surface area (Å²) in [6.07, 6.45) is 4.70. The van der Waals surface area contributed by atoms with Crippen LogP contribution < -0.4 is 11.1 Å². The lowest BCUT2D eigenvalue weighted by molar-refractivity contribution is 0.0928. The molecule has 1 aromatic heterocycles. The predicted molar refractivity (Wildman–Crippen MR) is 78.2 cm³/mol. The molecule has 2 aromatic rings. The fraction of sp³-hybridized carbons (Fsp3) is 0.250. The molecule has 1 aromatic carbocycles. The third-order valence-electron chi connectivity index (χ3n) is 3.73. The Morgan fingerprint density at radius 2 is 2.10 bits per heavy atom. The zero-order chi connectivity index (χ0) is 13.9. The maximum absolute atomic E-state index is 12.3. The molecule has 0 spiro atoms. The minimum atomic E-state index is -0.204. The summed E-state index contributed by atoms with van der Waals surface area (Å²) in [5, 5.41) is 3.05. The van der Waals surface area contributed by atoms with Gasteiger partial charge in [-0.3, -0.25) is 4.79 Å². The third-order valence-corrected chi connectivity index (χ3v) is 3.73. The number of fused-ring (bicyclic) bond motifs is 1. The summed E-state index contributed by atoms with van der Waals surface area (Å²) in [7, 11) is 0. The van der Waals surface area contributed by atoms with Crippen molar-refractivity contribution in [2.24, 2.45) is 0 Å². The number of nitrogen functional groups attached to an aromatic ring is 1. The molecule has 0 saturated carbocycles. The lowest BCUT2D eigenvalue weighted by atomic mass is 9.87. The number of nitrogens with two attached hydrogens (primary N) is 1. The highest BCUT2D eigenvalue weighted by molar-refractivity contribution is 5.97. The van der Waals surface area contributed by atoms with E-state index in [0.717, 1.165) is 19.3 Å². The highest BCUT2D eigenvalue weighted by Gasteiger charge is 2.22. The first-order valence-electron chi connectivity index (χ1n) is 6.85. The molecular formula is C16H17N3O. The number of carbonyl (C=O) groups excluding carboxylic acids is 1. The number of hydrogen-bond donors (Lipinski definition) is 2. The molecule has 0 saturated heterocycles. The van der Waals surface area contributed by atoms with Crippen molar-refractivity contribution in [2.75, 3.05) is 5.73 Å². The second-order valence-electron chi connectivity index (χ2n) is 5.06. The molecule has 0 radical (unpaired) electrons. The van der Waals surface area contributed by atoms with E-state index in [1.807, 2.05) is 12.1 Å². The van der Waals surface area contributed by atoms with Crippen LogP contribution >= 0.6 is 0 Å². The summed E-state index contributed by atoms with van der Waals surface area (Å²) in [6.45, 7) is 0. The molecule has 4 nitrogen and oxygen atoms in total. The SMILES string of the molecule is Nc1cccnc1C(=O)NC1CCCc2ccccc21. The Kier molecular flexibility index (Phi) is 3.37. The van der Waals surface area contributed by atoms with Crippen molar-refractivity contribution in [2.45, 2.75) is 25.3 Å². The van der Waals surface area contributed by atoms with Crippen LogP contribution in [0.5, 0.6) is 0 Å². The van der Waals surface area contributed by atoms with Gasteiger partial charge in [0.1, 0.15) is 0 Å². The maximum Gasteiger partial charge on any atom is 0.272 e. The highest BCUT2D eigenvalue weighted by atomic mass is 16.2. The molecule has 3 rings (SSSR count). The van der Waals surface area contributed by atoms with E-state index in [9.17, 15) is 4.79 Å². The van der Waals surface area contributed by atoms with Gasteiger partial charge in [0.2, 0.25) is 0 Å². The first-order valence-corrected chi connectivity index (χ1v) is 6.85. The number of anilines is 1. The Bertz CT molecular complexity index is 639. The highest BCUT2D eigenvalue weighted by Crippen LogP contribution is 2.29. The number of nitrogens with one attached hydrogen (secondary N) is 1. The average molecular weight is 267 g/mol. The van der Waals surface area contributed by atoms with Crippen molar-refractivity contribution < 1.29 is 4.79 Å².